The summed E-state index contributed by atoms with van der Waals surface area (Å²) in [4.78, 5) is 0. The lowest BCUT2D eigenvalue weighted by Crippen LogP contribution is -2.04. The van der Waals surface area contributed by atoms with E-state index >= 15 is 0 Å². The van der Waals surface area contributed by atoms with E-state index in [-0.39, 0.29) is 8.58 Å². The van der Waals surface area contributed by atoms with Gasteiger partial charge in [0.2, 0.25) is 0 Å². The number of hydrogen-bond acceptors (Lipinski definition) is 0. The van der Waals surface area contributed by atoms with Gasteiger partial charge in [-0.1, -0.05) is 26.8 Å². The maximum absolute atomic E-state index is 12.9. The Hall–Kier alpha value is -0.750. The summed E-state index contributed by atoms with van der Waals surface area (Å²) in [6.45, 7) is 3.52. The van der Waals surface area contributed by atoms with Gasteiger partial charge in [-0.3, -0.25) is 0 Å². The van der Waals surface area contributed by atoms with E-state index in [0.717, 1.165) is 6.07 Å². The second kappa shape index (κ2) is 4.32. The molecule has 0 spiro atoms. The van der Waals surface area contributed by atoms with Crippen LogP contribution in [-0.4, -0.2) is 6.16 Å². The quantitative estimate of drug-likeness (QED) is 0.502. The number of allylic oxidation sites excluding steroid dienone is 1. The fourth-order valence-corrected chi connectivity index (χ4v) is 1.68. The first-order chi connectivity index (χ1) is 5.75. The van der Waals surface area contributed by atoms with Crippen molar-refractivity contribution in [3.8, 4) is 0 Å². The van der Waals surface area contributed by atoms with Crippen molar-refractivity contribution < 1.29 is 8.78 Å². The maximum atomic E-state index is 12.9. The first-order valence-corrected chi connectivity index (χ1v) is 4.75. The van der Waals surface area contributed by atoms with Crippen molar-refractivity contribution in [1.29, 1.82) is 0 Å². The Morgan fingerprint density at radius 1 is 1.42 bits per heavy atom. The lowest BCUT2D eigenvalue weighted by molar-refractivity contribution is 0.514. The molecule has 3 heteroatoms. The molecular weight excluding hydrogens is 177 g/mol. The molecule has 0 aliphatic heterocycles. The normalized spacial score (nSPS) is 10.8. The van der Waals surface area contributed by atoms with Gasteiger partial charge in [-0.05, 0) is 12.2 Å². The summed E-state index contributed by atoms with van der Waals surface area (Å²) in [6.07, 6.45) is 2.39. The molecule has 1 atom stereocenters. The second-order valence-electron chi connectivity index (χ2n) is 2.27. The van der Waals surface area contributed by atoms with Gasteiger partial charge in [0.25, 0.3) is 0 Å². The topological polar surface area (TPSA) is 0 Å². The molecule has 0 nitrogen and oxygen atoms in total. The zero-order valence-corrected chi connectivity index (χ0v) is 7.48. The van der Waals surface area contributed by atoms with E-state index in [9.17, 15) is 8.78 Å². The zero-order valence-electron chi connectivity index (χ0n) is 6.48. The zero-order chi connectivity index (χ0) is 8.97. The molecule has 1 aromatic carbocycles. The standard InChI is InChI=1S/C9H9F2P/c1-2-6-12-8-5-3-4-7(10)9(8)11/h2-5,12H,1,6H2. The molecule has 0 N–H and O–H groups in total. The molecule has 0 amide bonds. The van der Waals surface area contributed by atoms with Crippen LogP contribution in [0.3, 0.4) is 0 Å². The van der Waals surface area contributed by atoms with Gasteiger partial charge >= 0.3 is 0 Å². The van der Waals surface area contributed by atoms with Crippen molar-refractivity contribution in [3.63, 3.8) is 0 Å². The Labute approximate surface area is 72.1 Å². The number of rotatable bonds is 3. The van der Waals surface area contributed by atoms with E-state index in [1.54, 1.807) is 12.1 Å². The molecule has 0 saturated carbocycles. The van der Waals surface area contributed by atoms with Crippen molar-refractivity contribution in [2.24, 2.45) is 0 Å². The highest BCUT2D eigenvalue weighted by Gasteiger charge is 2.05. The van der Waals surface area contributed by atoms with Gasteiger partial charge in [-0.15, -0.1) is 6.58 Å². The van der Waals surface area contributed by atoms with Gasteiger partial charge in [0, 0.05) is 5.30 Å². The van der Waals surface area contributed by atoms with E-state index in [2.05, 4.69) is 6.58 Å². The van der Waals surface area contributed by atoms with Crippen LogP contribution in [0.25, 0.3) is 0 Å². The molecule has 1 unspecified atom stereocenters. The predicted octanol–water partition coefficient (Wildman–Crippen LogP) is 2.45. The fraction of sp³-hybridized carbons (Fsp3) is 0.111. The summed E-state index contributed by atoms with van der Waals surface area (Å²) in [5.41, 5.74) is 0. The van der Waals surface area contributed by atoms with E-state index < -0.39 is 11.6 Å². The van der Waals surface area contributed by atoms with Crippen LogP contribution in [0.15, 0.2) is 30.9 Å². The minimum Gasteiger partial charge on any atom is -0.204 e. The van der Waals surface area contributed by atoms with Gasteiger partial charge in [0.1, 0.15) is 0 Å². The Balaban J connectivity index is 2.84. The van der Waals surface area contributed by atoms with Gasteiger partial charge in [0.15, 0.2) is 11.6 Å². The molecule has 0 radical (unpaired) electrons. The van der Waals surface area contributed by atoms with Crippen LogP contribution in [-0.2, 0) is 0 Å². The molecular formula is C9H9F2P. The van der Waals surface area contributed by atoms with E-state index in [4.69, 9.17) is 0 Å². The lowest BCUT2D eigenvalue weighted by atomic mass is 10.3. The smallest absolute Gasteiger partial charge is 0.166 e. The molecule has 12 heavy (non-hydrogen) atoms. The maximum Gasteiger partial charge on any atom is 0.166 e. The highest BCUT2D eigenvalue weighted by atomic mass is 31.1. The largest absolute Gasteiger partial charge is 0.204 e. The molecule has 0 aliphatic rings. The van der Waals surface area contributed by atoms with Crippen LogP contribution in [0.4, 0.5) is 8.78 Å². The summed E-state index contributed by atoms with van der Waals surface area (Å²) in [5.74, 6) is -1.50. The minimum atomic E-state index is -0.774. The SMILES string of the molecule is C=CCPc1cccc(F)c1F. The average molecular weight is 186 g/mol. The summed E-state index contributed by atoms with van der Waals surface area (Å²) in [7, 11) is 0.267. The average Bonchev–Trinajstić information content (AvgIpc) is 2.08. The third-order valence-corrected chi connectivity index (χ3v) is 2.65. The Morgan fingerprint density at radius 3 is 2.83 bits per heavy atom. The molecule has 0 aliphatic carbocycles. The van der Waals surface area contributed by atoms with Crippen LogP contribution >= 0.6 is 8.58 Å². The van der Waals surface area contributed by atoms with Gasteiger partial charge in [-0.25, -0.2) is 8.78 Å². The third kappa shape index (κ3) is 2.12. The molecule has 0 bridgehead atoms. The van der Waals surface area contributed by atoms with E-state index in [1.807, 2.05) is 0 Å². The summed E-state index contributed by atoms with van der Waals surface area (Å²) >= 11 is 0. The van der Waals surface area contributed by atoms with Gasteiger partial charge in [-0.2, -0.15) is 0 Å². The molecule has 1 aromatic rings. The summed E-state index contributed by atoms with van der Waals surface area (Å²) < 4.78 is 25.5. The molecule has 1 rings (SSSR count). The molecule has 0 heterocycles. The monoisotopic (exact) mass is 186 g/mol. The molecule has 0 saturated heterocycles. The Bertz CT molecular complexity index is 284. The van der Waals surface area contributed by atoms with E-state index in [0.29, 0.717) is 11.5 Å². The third-order valence-electron chi connectivity index (χ3n) is 1.39. The minimum absolute atomic E-state index is 0.267. The lowest BCUT2D eigenvalue weighted by Gasteiger charge is -2.00. The number of hydrogen-bond donors (Lipinski definition) is 0. The van der Waals surface area contributed by atoms with Crippen LogP contribution in [0.5, 0.6) is 0 Å². The highest BCUT2D eigenvalue weighted by molar-refractivity contribution is 7.47. The highest BCUT2D eigenvalue weighted by Crippen LogP contribution is 2.14. The van der Waals surface area contributed by atoms with Crippen molar-refractivity contribution in [2.45, 2.75) is 0 Å². The van der Waals surface area contributed by atoms with Crippen molar-refractivity contribution in [1.82, 2.24) is 0 Å². The van der Waals surface area contributed by atoms with Crippen molar-refractivity contribution in [2.75, 3.05) is 6.16 Å². The molecule has 64 valence electrons. The van der Waals surface area contributed by atoms with Crippen molar-refractivity contribution in [3.05, 3.63) is 42.5 Å². The molecule has 0 fully saturated rings. The van der Waals surface area contributed by atoms with Crippen LogP contribution in [0.2, 0.25) is 0 Å². The van der Waals surface area contributed by atoms with Crippen LogP contribution < -0.4 is 5.30 Å². The van der Waals surface area contributed by atoms with Gasteiger partial charge in [0.05, 0.1) is 0 Å². The first-order valence-electron chi connectivity index (χ1n) is 3.54. The predicted molar refractivity (Wildman–Crippen MR) is 49.4 cm³/mol. The summed E-state index contributed by atoms with van der Waals surface area (Å²) in [6, 6.07) is 4.24. The summed E-state index contributed by atoms with van der Waals surface area (Å²) in [5, 5.41) is 0.440. The van der Waals surface area contributed by atoms with Crippen molar-refractivity contribution >= 4 is 13.9 Å². The first kappa shape index (κ1) is 9.34. The number of halogens is 2. The fourth-order valence-electron chi connectivity index (χ4n) is 0.822. The Morgan fingerprint density at radius 2 is 2.17 bits per heavy atom. The second-order valence-corrected chi connectivity index (χ2v) is 3.57. The van der Waals surface area contributed by atoms with Crippen LogP contribution in [0, 0.1) is 11.6 Å². The van der Waals surface area contributed by atoms with E-state index in [1.165, 1.54) is 6.07 Å². The van der Waals surface area contributed by atoms with Crippen LogP contribution in [0.1, 0.15) is 0 Å². The Kier molecular flexibility index (Phi) is 3.36. The number of benzene rings is 1. The molecule has 0 aromatic heterocycles. The van der Waals surface area contributed by atoms with Gasteiger partial charge < -0.3 is 0 Å².